The van der Waals surface area contributed by atoms with Crippen molar-refractivity contribution in [3.63, 3.8) is 0 Å². The van der Waals surface area contributed by atoms with E-state index in [1.807, 2.05) is 32.0 Å². The summed E-state index contributed by atoms with van der Waals surface area (Å²) in [7, 11) is 0. The summed E-state index contributed by atoms with van der Waals surface area (Å²) in [5, 5.41) is 5.10. The van der Waals surface area contributed by atoms with Crippen LogP contribution in [0.1, 0.15) is 79.6 Å². The van der Waals surface area contributed by atoms with Crippen LogP contribution in [-0.2, 0) is 10.8 Å². The number of hydrogen-bond donors (Lipinski definition) is 0. The molecule has 11 rings (SSSR count). The summed E-state index contributed by atoms with van der Waals surface area (Å²) in [6.07, 6.45) is 10.3. The molecule has 62 heavy (non-hydrogen) atoms. The van der Waals surface area contributed by atoms with E-state index in [4.69, 9.17) is 17.6 Å². The minimum atomic E-state index is -0.259. The smallest absolute Gasteiger partial charge is 0.127 e. The second-order valence-electron chi connectivity index (χ2n) is 15.9. The van der Waals surface area contributed by atoms with E-state index in [-0.39, 0.29) is 18.3 Å². The van der Waals surface area contributed by atoms with Gasteiger partial charge in [0.1, 0.15) is 11.5 Å². The molecule has 1 heteroatoms. The van der Waals surface area contributed by atoms with Crippen LogP contribution in [0.25, 0.3) is 43.8 Å². The molecule has 0 fully saturated rings. The summed E-state index contributed by atoms with van der Waals surface area (Å²) < 4.78 is 6.47. The van der Waals surface area contributed by atoms with Crippen molar-refractivity contribution in [2.45, 2.75) is 46.0 Å². The van der Waals surface area contributed by atoms with Gasteiger partial charge in [0.05, 0.1) is 0 Å². The van der Waals surface area contributed by atoms with Crippen LogP contribution in [0, 0.1) is 24.7 Å². The Labute approximate surface area is 367 Å². The van der Waals surface area contributed by atoms with Gasteiger partial charge in [0, 0.05) is 22.0 Å². The van der Waals surface area contributed by atoms with Gasteiger partial charge in [-0.05, 0) is 158 Å². The average molecular weight is 799 g/mol. The highest BCUT2D eigenvalue weighted by molar-refractivity contribution is 5.96. The lowest BCUT2D eigenvalue weighted by Gasteiger charge is -2.29. The monoisotopic (exact) mass is 798 g/mol. The lowest BCUT2D eigenvalue weighted by Crippen LogP contribution is -2.22. The van der Waals surface area contributed by atoms with Crippen LogP contribution >= 0.6 is 0 Å². The quantitative estimate of drug-likeness (QED) is 0.161. The second-order valence-corrected chi connectivity index (χ2v) is 15.9. The Bertz CT molecular complexity index is 2960. The number of benzene rings is 9. The Morgan fingerprint density at radius 3 is 1.11 bits per heavy atom. The molecule has 0 heterocycles. The summed E-state index contributed by atoms with van der Waals surface area (Å²) in [5.41, 5.74) is 14.4. The predicted molar refractivity (Wildman–Crippen MR) is 263 cm³/mol. The fourth-order valence-electron chi connectivity index (χ4n) is 9.52. The topological polar surface area (TPSA) is 9.23 Å². The fourth-order valence-corrected chi connectivity index (χ4v) is 9.52. The van der Waals surface area contributed by atoms with Crippen molar-refractivity contribution in [3.8, 4) is 58.4 Å². The molecule has 2 atom stereocenters. The number of fused-ring (bicyclic) bond motifs is 8. The molecule has 2 unspecified atom stereocenters. The lowest BCUT2D eigenvalue weighted by atomic mass is 9.74. The van der Waals surface area contributed by atoms with Crippen molar-refractivity contribution in [2.75, 3.05) is 0 Å². The highest BCUT2D eigenvalue weighted by Gasteiger charge is 2.42. The lowest BCUT2D eigenvalue weighted by molar-refractivity contribution is 0.481. The van der Waals surface area contributed by atoms with Crippen LogP contribution in [0.5, 0.6) is 11.5 Å². The van der Waals surface area contributed by atoms with Crippen molar-refractivity contribution in [2.24, 2.45) is 0 Å². The maximum Gasteiger partial charge on any atom is 0.127 e. The van der Waals surface area contributed by atoms with Gasteiger partial charge < -0.3 is 4.74 Å². The van der Waals surface area contributed by atoms with Crippen LogP contribution in [0.2, 0.25) is 0 Å². The van der Waals surface area contributed by atoms with Crippen molar-refractivity contribution in [3.05, 3.63) is 239 Å². The zero-order valence-electron chi connectivity index (χ0n) is 35.0. The van der Waals surface area contributed by atoms with Gasteiger partial charge in [-0.25, -0.2) is 0 Å². The summed E-state index contributed by atoms with van der Waals surface area (Å²) >= 11 is 0. The molecule has 0 saturated heterocycles. The first kappa shape index (κ1) is 41.2. The SMILES string of the molecule is C.C#Cc1cccc(C#C)c1.CC.CC1(c2ccc(Oc3ccc(C4(C)c5ccccc5-c5cc6ccccc6cc54)cc3)cc2)c2ccccc2-c2cc3ccccc3cc21. The zero-order valence-corrected chi connectivity index (χ0v) is 35.0. The van der Waals surface area contributed by atoms with Crippen LogP contribution in [0.4, 0.5) is 0 Å². The van der Waals surface area contributed by atoms with Crippen LogP contribution in [0.3, 0.4) is 0 Å². The Morgan fingerprint density at radius 2 is 0.726 bits per heavy atom. The summed E-state index contributed by atoms with van der Waals surface area (Å²) in [4.78, 5) is 0. The molecule has 9 aromatic carbocycles. The maximum atomic E-state index is 6.47. The molecule has 0 N–H and O–H groups in total. The normalized spacial score (nSPS) is 16.0. The van der Waals surface area contributed by atoms with Crippen molar-refractivity contribution < 1.29 is 4.74 Å². The Kier molecular flexibility index (Phi) is 11.2. The minimum Gasteiger partial charge on any atom is -0.457 e. The molecule has 300 valence electrons. The first-order valence-electron chi connectivity index (χ1n) is 21.1. The molecule has 9 aromatic rings. The van der Waals surface area contributed by atoms with E-state index >= 15 is 0 Å². The number of terminal acetylenes is 2. The van der Waals surface area contributed by atoms with Gasteiger partial charge in [0.15, 0.2) is 0 Å². The van der Waals surface area contributed by atoms with Gasteiger partial charge in [-0.3, -0.25) is 0 Å². The molecular weight excluding hydrogens is 749 g/mol. The minimum absolute atomic E-state index is 0. The summed E-state index contributed by atoms with van der Waals surface area (Å²) in [6.45, 7) is 8.73. The number of hydrogen-bond acceptors (Lipinski definition) is 1. The third-order valence-electron chi connectivity index (χ3n) is 12.7. The van der Waals surface area contributed by atoms with E-state index in [1.165, 1.54) is 77.2 Å². The Morgan fingerprint density at radius 1 is 0.371 bits per heavy atom. The molecule has 0 aliphatic heterocycles. The number of rotatable bonds is 4. The average Bonchev–Trinajstić information content (AvgIpc) is 3.73. The first-order chi connectivity index (χ1) is 29.9. The second kappa shape index (κ2) is 16.8. The van der Waals surface area contributed by atoms with Gasteiger partial charge in [0.25, 0.3) is 0 Å². The van der Waals surface area contributed by atoms with Gasteiger partial charge in [0.2, 0.25) is 0 Å². The van der Waals surface area contributed by atoms with Crippen molar-refractivity contribution >= 4 is 21.5 Å². The van der Waals surface area contributed by atoms with Crippen LogP contribution in [-0.4, -0.2) is 0 Å². The summed E-state index contributed by atoms with van der Waals surface area (Å²) in [5.74, 6) is 6.68. The standard InChI is InChI=1S/C48H34O.C10H6.C2H6.CH4/c1-47(43-17-9-7-15-39(43)41-27-31-11-3-5-13-33(31)29-45(41)47)35-19-23-37(24-20-35)49-38-25-21-36(22-26-38)48(2)44-18-10-8-16-40(44)42-28-32-12-4-6-14-34(32)30-46(42)48;1-3-9-6-5-7-10(4-2)8-9;1-2;/h3-30H,1-2H3;1-2,5-8H;1-2H3;1H4. The van der Waals surface area contributed by atoms with E-state index in [1.54, 1.807) is 6.07 Å². The van der Waals surface area contributed by atoms with Crippen LogP contribution in [0.15, 0.2) is 194 Å². The molecule has 0 radical (unpaired) electrons. The van der Waals surface area contributed by atoms with Gasteiger partial charge in [-0.15, -0.1) is 12.8 Å². The third kappa shape index (κ3) is 6.83. The molecule has 0 saturated carbocycles. The third-order valence-corrected chi connectivity index (χ3v) is 12.7. The van der Waals surface area contributed by atoms with Crippen molar-refractivity contribution in [1.29, 1.82) is 0 Å². The molecule has 0 aromatic heterocycles. The van der Waals surface area contributed by atoms with E-state index in [0.717, 1.165) is 22.6 Å². The van der Waals surface area contributed by atoms with Gasteiger partial charge in [-0.1, -0.05) is 161 Å². The van der Waals surface area contributed by atoms with Crippen molar-refractivity contribution in [1.82, 2.24) is 0 Å². The van der Waals surface area contributed by atoms with Gasteiger partial charge >= 0.3 is 0 Å². The van der Waals surface area contributed by atoms with E-state index in [2.05, 4.69) is 196 Å². The Balaban J connectivity index is 0.000000358. The summed E-state index contributed by atoms with van der Waals surface area (Å²) in [6, 6.07) is 69.4. The molecule has 0 amide bonds. The fraction of sp³-hybridized carbons (Fsp3) is 0.115. The van der Waals surface area contributed by atoms with E-state index in [9.17, 15) is 0 Å². The molecule has 2 aliphatic rings. The molecule has 2 aliphatic carbocycles. The van der Waals surface area contributed by atoms with E-state index in [0.29, 0.717) is 0 Å². The molecule has 0 bridgehead atoms. The van der Waals surface area contributed by atoms with Gasteiger partial charge in [-0.2, -0.15) is 0 Å². The molecule has 0 spiro atoms. The molecular formula is C61H50O. The largest absolute Gasteiger partial charge is 0.457 e. The Hall–Kier alpha value is -7.58. The van der Waals surface area contributed by atoms with E-state index < -0.39 is 0 Å². The zero-order chi connectivity index (χ0) is 42.1. The number of ether oxygens (including phenoxy) is 1. The maximum absolute atomic E-state index is 6.47. The highest BCUT2D eigenvalue weighted by Crippen LogP contribution is 2.55. The van der Waals surface area contributed by atoms with Crippen LogP contribution < -0.4 is 4.74 Å². The highest BCUT2D eigenvalue weighted by atomic mass is 16.5. The first-order valence-corrected chi connectivity index (χ1v) is 21.1. The predicted octanol–water partition coefficient (Wildman–Crippen LogP) is 15.8. The molecule has 1 nitrogen and oxygen atoms in total.